The lowest BCUT2D eigenvalue weighted by molar-refractivity contribution is -0.113. The van der Waals surface area contributed by atoms with E-state index in [-0.39, 0.29) is 11.7 Å². The number of rotatable bonds is 9. The molecule has 3 aromatic heterocycles. The third-order valence-electron chi connectivity index (χ3n) is 5.43. The zero-order valence-corrected chi connectivity index (χ0v) is 19.2. The second-order valence-electron chi connectivity index (χ2n) is 8.01. The summed E-state index contributed by atoms with van der Waals surface area (Å²) in [5.74, 6) is 2.12. The Hall–Kier alpha value is -3.46. The van der Waals surface area contributed by atoms with Crippen LogP contribution in [0.15, 0.2) is 66.1 Å². The van der Waals surface area contributed by atoms with Gasteiger partial charge in [-0.25, -0.2) is 4.68 Å². The molecule has 0 bridgehead atoms. The van der Waals surface area contributed by atoms with Gasteiger partial charge in [0.15, 0.2) is 11.0 Å². The van der Waals surface area contributed by atoms with E-state index in [0.717, 1.165) is 53.7 Å². The average Bonchev–Trinajstić information content (AvgIpc) is 3.50. The molecule has 0 spiro atoms. The summed E-state index contributed by atoms with van der Waals surface area (Å²) in [5, 5.41) is 17.2. The van der Waals surface area contributed by atoms with Crippen molar-refractivity contribution in [1.29, 1.82) is 0 Å². The molecule has 1 aliphatic carbocycles. The SMILES string of the molecule is CCCn1c(SCC(=O)Nc2cc(C3CC3)nn2-c2ccccc2)nnc1-c1ccncc1. The summed E-state index contributed by atoms with van der Waals surface area (Å²) in [6.07, 6.45) is 6.73. The summed E-state index contributed by atoms with van der Waals surface area (Å²) in [6, 6.07) is 15.7. The summed E-state index contributed by atoms with van der Waals surface area (Å²) < 4.78 is 3.88. The Kier molecular flexibility index (Phi) is 6.21. The maximum Gasteiger partial charge on any atom is 0.236 e. The number of hydrogen-bond donors (Lipinski definition) is 1. The summed E-state index contributed by atoms with van der Waals surface area (Å²) in [6.45, 7) is 2.89. The first-order valence-corrected chi connectivity index (χ1v) is 12.1. The van der Waals surface area contributed by atoms with Crippen LogP contribution in [-0.2, 0) is 11.3 Å². The van der Waals surface area contributed by atoms with Crippen molar-refractivity contribution in [1.82, 2.24) is 29.5 Å². The van der Waals surface area contributed by atoms with Gasteiger partial charge in [-0.3, -0.25) is 9.78 Å². The molecule has 5 rings (SSSR count). The van der Waals surface area contributed by atoms with Crippen LogP contribution >= 0.6 is 11.8 Å². The molecule has 1 aliphatic rings. The van der Waals surface area contributed by atoms with Crippen molar-refractivity contribution in [3.05, 3.63) is 66.6 Å². The van der Waals surface area contributed by atoms with E-state index in [9.17, 15) is 4.79 Å². The van der Waals surface area contributed by atoms with E-state index in [4.69, 9.17) is 5.10 Å². The Morgan fingerprint density at radius 2 is 1.91 bits per heavy atom. The summed E-state index contributed by atoms with van der Waals surface area (Å²) in [7, 11) is 0. The molecule has 1 fully saturated rings. The number of anilines is 1. The molecule has 0 saturated heterocycles. The molecule has 1 aromatic carbocycles. The average molecular weight is 460 g/mol. The minimum absolute atomic E-state index is 0.101. The molecule has 33 heavy (non-hydrogen) atoms. The third-order valence-corrected chi connectivity index (χ3v) is 6.39. The van der Waals surface area contributed by atoms with Crippen LogP contribution in [0.25, 0.3) is 17.1 Å². The number of pyridine rings is 1. The van der Waals surface area contributed by atoms with Gasteiger partial charge in [0, 0.05) is 36.5 Å². The molecule has 9 heteroatoms. The Morgan fingerprint density at radius 1 is 1.12 bits per heavy atom. The van der Waals surface area contributed by atoms with Crippen molar-refractivity contribution in [2.45, 2.75) is 43.8 Å². The molecule has 0 unspecified atom stereocenters. The van der Waals surface area contributed by atoms with Gasteiger partial charge in [-0.2, -0.15) is 5.10 Å². The number of carbonyl (C=O) groups is 1. The first kappa shape index (κ1) is 21.4. The number of hydrogen-bond acceptors (Lipinski definition) is 6. The third kappa shape index (κ3) is 4.83. The first-order chi connectivity index (χ1) is 16.2. The summed E-state index contributed by atoms with van der Waals surface area (Å²) >= 11 is 1.39. The monoisotopic (exact) mass is 459 g/mol. The number of para-hydroxylation sites is 1. The summed E-state index contributed by atoms with van der Waals surface area (Å²) in [4.78, 5) is 16.9. The molecule has 168 valence electrons. The zero-order valence-electron chi connectivity index (χ0n) is 18.4. The predicted octanol–water partition coefficient (Wildman–Crippen LogP) is 4.54. The van der Waals surface area contributed by atoms with Gasteiger partial charge >= 0.3 is 0 Å². The van der Waals surface area contributed by atoms with E-state index in [0.29, 0.717) is 11.7 Å². The van der Waals surface area contributed by atoms with Crippen LogP contribution < -0.4 is 5.32 Å². The van der Waals surface area contributed by atoms with Gasteiger partial charge < -0.3 is 9.88 Å². The molecule has 1 saturated carbocycles. The molecular formula is C24H25N7OS. The normalized spacial score (nSPS) is 13.2. The van der Waals surface area contributed by atoms with Crippen LogP contribution in [0.5, 0.6) is 0 Å². The van der Waals surface area contributed by atoms with Crippen molar-refractivity contribution in [3.63, 3.8) is 0 Å². The van der Waals surface area contributed by atoms with E-state index in [2.05, 4.69) is 32.0 Å². The molecular weight excluding hydrogens is 434 g/mol. The second-order valence-corrected chi connectivity index (χ2v) is 8.95. The van der Waals surface area contributed by atoms with Gasteiger partial charge in [0.05, 0.1) is 17.1 Å². The number of thioether (sulfide) groups is 1. The maximum atomic E-state index is 12.9. The lowest BCUT2D eigenvalue weighted by atomic mass is 10.2. The smallest absolute Gasteiger partial charge is 0.236 e. The van der Waals surface area contributed by atoms with Crippen LogP contribution in [0.2, 0.25) is 0 Å². The molecule has 3 heterocycles. The van der Waals surface area contributed by atoms with Gasteiger partial charge in [0.2, 0.25) is 5.91 Å². The summed E-state index contributed by atoms with van der Waals surface area (Å²) in [5.41, 5.74) is 2.92. The highest BCUT2D eigenvalue weighted by Gasteiger charge is 2.28. The van der Waals surface area contributed by atoms with Gasteiger partial charge in [-0.1, -0.05) is 36.9 Å². The zero-order chi connectivity index (χ0) is 22.6. The molecule has 0 atom stereocenters. The van der Waals surface area contributed by atoms with E-state index in [1.54, 1.807) is 12.4 Å². The van der Waals surface area contributed by atoms with Gasteiger partial charge in [-0.05, 0) is 43.5 Å². The highest BCUT2D eigenvalue weighted by Crippen LogP contribution is 2.40. The Balaban J connectivity index is 1.31. The van der Waals surface area contributed by atoms with Gasteiger partial charge in [-0.15, -0.1) is 10.2 Å². The highest BCUT2D eigenvalue weighted by molar-refractivity contribution is 7.99. The van der Waals surface area contributed by atoms with E-state index < -0.39 is 0 Å². The fourth-order valence-electron chi connectivity index (χ4n) is 3.68. The van der Waals surface area contributed by atoms with Crippen LogP contribution in [0.3, 0.4) is 0 Å². The number of nitrogens with one attached hydrogen (secondary N) is 1. The number of aromatic nitrogens is 6. The van der Waals surface area contributed by atoms with Crippen molar-refractivity contribution in [3.8, 4) is 17.1 Å². The van der Waals surface area contributed by atoms with Crippen LogP contribution in [-0.4, -0.2) is 41.2 Å². The van der Waals surface area contributed by atoms with E-state index >= 15 is 0 Å². The fourth-order valence-corrected chi connectivity index (χ4v) is 4.44. The quantitative estimate of drug-likeness (QED) is 0.370. The first-order valence-electron chi connectivity index (χ1n) is 11.1. The van der Waals surface area contributed by atoms with E-state index in [1.807, 2.05) is 53.2 Å². The molecule has 0 aliphatic heterocycles. The van der Waals surface area contributed by atoms with Crippen LogP contribution in [0.4, 0.5) is 5.82 Å². The van der Waals surface area contributed by atoms with Crippen molar-refractivity contribution in [2.24, 2.45) is 0 Å². The van der Waals surface area contributed by atoms with Gasteiger partial charge in [0.25, 0.3) is 0 Å². The second kappa shape index (κ2) is 9.58. The van der Waals surface area contributed by atoms with Crippen molar-refractivity contribution in [2.75, 3.05) is 11.1 Å². The Labute approximate surface area is 196 Å². The predicted molar refractivity (Wildman–Crippen MR) is 128 cm³/mol. The Bertz CT molecular complexity index is 1230. The van der Waals surface area contributed by atoms with Crippen LogP contribution in [0, 0.1) is 0 Å². The fraction of sp³-hybridized carbons (Fsp3) is 0.292. The van der Waals surface area contributed by atoms with E-state index in [1.165, 1.54) is 11.8 Å². The number of nitrogens with zero attached hydrogens (tertiary/aromatic N) is 6. The minimum atomic E-state index is -0.101. The topological polar surface area (TPSA) is 90.5 Å². The molecule has 0 radical (unpaired) electrons. The lowest BCUT2D eigenvalue weighted by Crippen LogP contribution is -2.17. The van der Waals surface area contributed by atoms with Crippen LogP contribution in [0.1, 0.15) is 37.8 Å². The van der Waals surface area contributed by atoms with Gasteiger partial charge in [0.1, 0.15) is 5.82 Å². The lowest BCUT2D eigenvalue weighted by Gasteiger charge is -2.10. The standard InChI is InChI=1S/C24H25N7OS/c1-2-14-30-23(18-10-12-25-13-11-18)27-28-24(30)33-16-22(32)26-21-15-20(17-8-9-17)29-31(21)19-6-4-3-5-7-19/h3-7,10-13,15,17H,2,8-9,14,16H2,1H3,(H,26,32). The Morgan fingerprint density at radius 3 is 2.64 bits per heavy atom. The number of amides is 1. The maximum absolute atomic E-state index is 12.9. The number of carbonyl (C=O) groups excluding carboxylic acids is 1. The van der Waals surface area contributed by atoms with Crippen molar-refractivity contribution >= 4 is 23.5 Å². The minimum Gasteiger partial charge on any atom is -0.310 e. The molecule has 4 aromatic rings. The highest BCUT2D eigenvalue weighted by atomic mass is 32.2. The number of benzene rings is 1. The largest absolute Gasteiger partial charge is 0.310 e. The molecule has 1 N–H and O–H groups in total. The molecule has 8 nitrogen and oxygen atoms in total. The molecule has 1 amide bonds. The van der Waals surface area contributed by atoms with Crippen molar-refractivity contribution < 1.29 is 4.79 Å².